The monoisotopic (exact) mass is 432 g/mol. The number of ether oxygens (including phenoxy) is 2. The van der Waals surface area contributed by atoms with Crippen molar-refractivity contribution >= 4 is 12.0 Å². The Morgan fingerprint density at radius 3 is 2.84 bits per heavy atom. The minimum Gasteiger partial charge on any atom is -0.447 e. The Hall–Kier alpha value is -3.46. The largest absolute Gasteiger partial charge is 0.447 e. The first-order valence-corrected chi connectivity index (χ1v) is 10.9. The smallest absolute Gasteiger partial charge is 0.410 e. The van der Waals surface area contributed by atoms with Crippen LogP contribution in [0.5, 0.6) is 0 Å². The fourth-order valence-electron chi connectivity index (χ4n) is 4.66. The number of carbonyl (C=O) groups is 1. The molecule has 1 N–H and O–H groups in total. The molecule has 6 rings (SSSR count). The fourth-order valence-corrected chi connectivity index (χ4v) is 4.66. The highest BCUT2D eigenvalue weighted by atomic mass is 16.6. The maximum absolute atomic E-state index is 12.6. The lowest BCUT2D eigenvalue weighted by Gasteiger charge is -2.25. The van der Waals surface area contributed by atoms with Gasteiger partial charge in [-0.05, 0) is 24.0 Å². The normalized spacial score (nSPS) is 19.4. The predicted molar refractivity (Wildman–Crippen MR) is 115 cm³/mol. The van der Waals surface area contributed by atoms with Crippen LogP contribution in [0.1, 0.15) is 28.2 Å². The second-order valence-corrected chi connectivity index (χ2v) is 8.55. The summed E-state index contributed by atoms with van der Waals surface area (Å²) in [4.78, 5) is 27.6. The number of amides is 1. The van der Waals surface area contributed by atoms with Gasteiger partial charge >= 0.3 is 6.09 Å². The highest BCUT2D eigenvalue weighted by molar-refractivity contribution is 5.68. The number of hydrogen-bond acceptors (Lipinski definition) is 7. The van der Waals surface area contributed by atoms with E-state index in [-0.39, 0.29) is 18.8 Å². The maximum Gasteiger partial charge on any atom is 0.410 e. The molecule has 2 aliphatic heterocycles. The zero-order valence-corrected chi connectivity index (χ0v) is 17.6. The number of aromatic nitrogens is 4. The van der Waals surface area contributed by atoms with Crippen molar-refractivity contribution in [2.45, 2.75) is 51.2 Å². The minimum atomic E-state index is -0.358. The van der Waals surface area contributed by atoms with E-state index in [0.717, 1.165) is 29.9 Å². The van der Waals surface area contributed by atoms with Gasteiger partial charge in [0.15, 0.2) is 0 Å². The topological polar surface area (TPSA) is 94.4 Å². The highest BCUT2D eigenvalue weighted by Gasteiger charge is 2.29. The van der Waals surface area contributed by atoms with E-state index in [1.54, 1.807) is 11.1 Å². The van der Waals surface area contributed by atoms with Crippen LogP contribution in [0.15, 0.2) is 42.9 Å². The Balaban J connectivity index is 1.03. The molecule has 0 bridgehead atoms. The third kappa shape index (κ3) is 3.69. The summed E-state index contributed by atoms with van der Waals surface area (Å²) >= 11 is 0. The molecule has 9 heteroatoms. The van der Waals surface area contributed by atoms with Gasteiger partial charge in [-0.3, -0.25) is 4.90 Å². The Bertz CT molecular complexity index is 1140. The molecule has 1 aromatic carbocycles. The Labute approximate surface area is 185 Å². The van der Waals surface area contributed by atoms with E-state index in [2.05, 4.69) is 44.5 Å². The summed E-state index contributed by atoms with van der Waals surface area (Å²) in [6.45, 7) is 2.16. The number of anilines is 1. The first-order chi connectivity index (χ1) is 15.7. The van der Waals surface area contributed by atoms with E-state index in [0.29, 0.717) is 38.2 Å². The van der Waals surface area contributed by atoms with Crippen molar-refractivity contribution in [3.8, 4) is 0 Å². The van der Waals surface area contributed by atoms with Crippen LogP contribution >= 0.6 is 0 Å². The van der Waals surface area contributed by atoms with E-state index in [4.69, 9.17) is 9.47 Å². The molecule has 4 heterocycles. The average Bonchev–Trinajstić information content (AvgIpc) is 3.53. The van der Waals surface area contributed by atoms with Crippen molar-refractivity contribution in [3.05, 3.63) is 71.1 Å². The molecule has 9 nitrogen and oxygen atoms in total. The zero-order valence-electron chi connectivity index (χ0n) is 17.6. The summed E-state index contributed by atoms with van der Waals surface area (Å²) in [5.41, 5.74) is 4.59. The Kier molecular flexibility index (Phi) is 4.75. The third-order valence-electron chi connectivity index (χ3n) is 6.34. The molecular weight excluding hydrogens is 408 g/mol. The van der Waals surface area contributed by atoms with Gasteiger partial charge < -0.3 is 19.4 Å². The van der Waals surface area contributed by atoms with Crippen molar-refractivity contribution in [3.63, 3.8) is 0 Å². The number of nitrogens with one attached hydrogen (secondary N) is 1. The van der Waals surface area contributed by atoms with Crippen LogP contribution in [0.2, 0.25) is 0 Å². The molecular formula is C23H24N6O3. The minimum absolute atomic E-state index is 0.170. The molecule has 1 amide bonds. The molecule has 1 aliphatic carbocycles. The molecule has 3 aromatic rings. The fraction of sp³-hybridized carbons (Fsp3) is 0.391. The van der Waals surface area contributed by atoms with Gasteiger partial charge in [0.1, 0.15) is 25.1 Å². The number of benzene rings is 1. The lowest BCUT2D eigenvalue weighted by Crippen LogP contribution is -2.34. The second-order valence-electron chi connectivity index (χ2n) is 8.55. The number of hydrogen-bond donors (Lipinski definition) is 1. The molecule has 0 spiro atoms. The van der Waals surface area contributed by atoms with Crippen molar-refractivity contribution in [1.29, 1.82) is 0 Å². The van der Waals surface area contributed by atoms with Crippen molar-refractivity contribution in [2.75, 3.05) is 11.9 Å². The quantitative estimate of drug-likeness (QED) is 0.676. The van der Waals surface area contributed by atoms with Gasteiger partial charge in [0, 0.05) is 30.2 Å². The molecule has 3 aliphatic rings. The van der Waals surface area contributed by atoms with Gasteiger partial charge in [0.25, 0.3) is 0 Å². The van der Waals surface area contributed by atoms with Crippen LogP contribution in [0.4, 0.5) is 10.7 Å². The van der Waals surface area contributed by atoms with Gasteiger partial charge in [0.2, 0.25) is 5.95 Å². The first kappa shape index (κ1) is 19.2. The van der Waals surface area contributed by atoms with Crippen LogP contribution in [0.3, 0.4) is 0 Å². The summed E-state index contributed by atoms with van der Waals surface area (Å²) in [7, 11) is 0. The van der Waals surface area contributed by atoms with Gasteiger partial charge in [-0.2, -0.15) is 0 Å². The molecule has 0 radical (unpaired) electrons. The van der Waals surface area contributed by atoms with Crippen LogP contribution in [0.25, 0.3) is 0 Å². The van der Waals surface area contributed by atoms with Crippen molar-refractivity contribution < 1.29 is 14.3 Å². The van der Waals surface area contributed by atoms with Crippen molar-refractivity contribution in [1.82, 2.24) is 24.4 Å². The van der Waals surface area contributed by atoms with Crippen LogP contribution < -0.4 is 5.32 Å². The maximum atomic E-state index is 12.6. The van der Waals surface area contributed by atoms with E-state index in [1.807, 2.05) is 17.0 Å². The standard InChI is InChI=1S/C23H24N6O3/c30-23(32-13-19-11-28-6-5-24-21(28)14-31-19)29-10-17-9-25-22(27-20(17)12-29)26-18-7-15-3-1-2-4-16(15)8-18/h1-6,9,18-19H,7-8,10-14H2,(H,25,26,27)/t19-/m1/s1. The summed E-state index contributed by atoms with van der Waals surface area (Å²) in [5.74, 6) is 1.51. The summed E-state index contributed by atoms with van der Waals surface area (Å²) in [5, 5.41) is 3.45. The van der Waals surface area contributed by atoms with E-state index < -0.39 is 0 Å². The average molecular weight is 432 g/mol. The summed E-state index contributed by atoms with van der Waals surface area (Å²) in [6.07, 6.45) is 6.89. The Morgan fingerprint density at radius 2 is 2.00 bits per heavy atom. The predicted octanol–water partition coefficient (Wildman–Crippen LogP) is 2.30. The lowest BCUT2D eigenvalue weighted by atomic mass is 10.1. The number of rotatable bonds is 4. The molecule has 2 aromatic heterocycles. The van der Waals surface area contributed by atoms with E-state index in [9.17, 15) is 4.79 Å². The van der Waals surface area contributed by atoms with Crippen LogP contribution in [-0.4, -0.2) is 49.3 Å². The van der Waals surface area contributed by atoms with E-state index in [1.165, 1.54) is 11.1 Å². The number of carbonyl (C=O) groups excluding carboxylic acids is 1. The zero-order chi connectivity index (χ0) is 21.5. The van der Waals surface area contributed by atoms with Gasteiger partial charge in [-0.25, -0.2) is 19.7 Å². The van der Waals surface area contributed by atoms with Gasteiger partial charge in [-0.15, -0.1) is 0 Å². The first-order valence-electron chi connectivity index (χ1n) is 10.9. The molecule has 32 heavy (non-hydrogen) atoms. The molecule has 0 fully saturated rings. The molecule has 1 atom stereocenters. The summed E-state index contributed by atoms with van der Waals surface area (Å²) in [6, 6.07) is 8.80. The van der Waals surface area contributed by atoms with Crippen molar-refractivity contribution in [2.24, 2.45) is 0 Å². The second kappa shape index (κ2) is 7.90. The molecule has 0 saturated carbocycles. The number of nitrogens with zero attached hydrogens (tertiary/aromatic N) is 5. The third-order valence-corrected chi connectivity index (χ3v) is 6.34. The van der Waals surface area contributed by atoms with Gasteiger partial charge in [-0.1, -0.05) is 24.3 Å². The molecule has 164 valence electrons. The van der Waals surface area contributed by atoms with Crippen LogP contribution in [0, 0.1) is 0 Å². The summed E-state index contributed by atoms with van der Waals surface area (Å²) < 4.78 is 13.3. The number of imidazole rings is 1. The van der Waals surface area contributed by atoms with E-state index >= 15 is 0 Å². The molecule has 0 saturated heterocycles. The highest BCUT2D eigenvalue weighted by Crippen LogP contribution is 2.26. The number of fused-ring (bicyclic) bond motifs is 3. The Morgan fingerprint density at radius 1 is 1.16 bits per heavy atom. The lowest BCUT2D eigenvalue weighted by molar-refractivity contribution is -0.0386. The SMILES string of the molecule is O=C(OC[C@H]1Cn2ccnc2CO1)N1Cc2cnc(NC3Cc4ccccc4C3)nc2C1. The molecule has 0 unspecified atom stereocenters. The van der Waals surface area contributed by atoms with Gasteiger partial charge in [0.05, 0.1) is 25.3 Å². The van der Waals surface area contributed by atoms with Crippen LogP contribution in [-0.2, 0) is 48.6 Å².